The molecule has 0 aliphatic rings. The van der Waals surface area contributed by atoms with Crippen LogP contribution in [0, 0.1) is 0 Å². The van der Waals surface area contributed by atoms with Gasteiger partial charge in [-0.25, -0.2) is 0 Å². The van der Waals surface area contributed by atoms with E-state index >= 15 is 0 Å². The molecule has 1 unspecified atom stereocenters. The van der Waals surface area contributed by atoms with Crippen LogP contribution in [0.15, 0.2) is 24.3 Å². The predicted octanol–water partition coefficient (Wildman–Crippen LogP) is 1.35. The lowest BCUT2D eigenvalue weighted by atomic mass is 10.1. The SMILES string of the molecule is CC(c1ccc(N)cc1)N(C)CC(=O)N(C)C. The summed E-state index contributed by atoms with van der Waals surface area (Å²) in [6, 6.07) is 7.95. The van der Waals surface area contributed by atoms with Crippen molar-refractivity contribution in [3.05, 3.63) is 29.8 Å². The first kappa shape index (κ1) is 13.5. The van der Waals surface area contributed by atoms with Crippen molar-refractivity contribution >= 4 is 11.6 Å². The first-order chi connectivity index (χ1) is 7.91. The van der Waals surface area contributed by atoms with E-state index in [9.17, 15) is 4.79 Å². The monoisotopic (exact) mass is 235 g/mol. The highest BCUT2D eigenvalue weighted by Crippen LogP contribution is 2.19. The van der Waals surface area contributed by atoms with Crippen LogP contribution in [0.2, 0.25) is 0 Å². The Balaban J connectivity index is 2.66. The predicted molar refractivity (Wildman–Crippen MR) is 70.6 cm³/mol. The molecule has 1 aromatic carbocycles. The first-order valence-corrected chi connectivity index (χ1v) is 5.67. The average Bonchev–Trinajstić information content (AvgIpc) is 2.28. The second kappa shape index (κ2) is 5.68. The minimum absolute atomic E-state index is 0.106. The van der Waals surface area contributed by atoms with Crippen LogP contribution in [0.5, 0.6) is 0 Å². The summed E-state index contributed by atoms with van der Waals surface area (Å²) in [5.74, 6) is 0.106. The number of likely N-dealkylation sites (N-methyl/N-ethyl adjacent to an activating group) is 2. The summed E-state index contributed by atoms with van der Waals surface area (Å²) < 4.78 is 0. The number of carbonyl (C=O) groups is 1. The van der Waals surface area contributed by atoms with Crippen LogP contribution < -0.4 is 5.73 Å². The van der Waals surface area contributed by atoms with Crippen molar-refractivity contribution in [1.82, 2.24) is 9.80 Å². The molecule has 0 bridgehead atoms. The Morgan fingerprint density at radius 1 is 1.24 bits per heavy atom. The van der Waals surface area contributed by atoms with Crippen molar-refractivity contribution < 1.29 is 4.79 Å². The molecule has 0 fully saturated rings. The van der Waals surface area contributed by atoms with E-state index in [4.69, 9.17) is 5.73 Å². The standard InChI is InChI=1S/C13H21N3O/c1-10(11-5-7-12(14)8-6-11)16(4)9-13(17)15(2)3/h5-8,10H,9,14H2,1-4H3. The topological polar surface area (TPSA) is 49.6 Å². The van der Waals surface area contributed by atoms with Gasteiger partial charge in [0, 0.05) is 25.8 Å². The summed E-state index contributed by atoms with van der Waals surface area (Å²) >= 11 is 0. The van der Waals surface area contributed by atoms with Gasteiger partial charge in [0.25, 0.3) is 0 Å². The van der Waals surface area contributed by atoms with Crippen LogP contribution in [0.4, 0.5) is 5.69 Å². The van der Waals surface area contributed by atoms with Gasteiger partial charge >= 0.3 is 0 Å². The summed E-state index contributed by atoms with van der Waals surface area (Å²) in [6.07, 6.45) is 0. The third-order valence-electron chi connectivity index (χ3n) is 2.96. The maximum atomic E-state index is 11.6. The van der Waals surface area contributed by atoms with Crippen molar-refractivity contribution in [3.8, 4) is 0 Å². The molecular weight excluding hydrogens is 214 g/mol. The summed E-state index contributed by atoms with van der Waals surface area (Å²) in [4.78, 5) is 15.2. The van der Waals surface area contributed by atoms with Gasteiger partial charge in [-0.2, -0.15) is 0 Å². The highest BCUT2D eigenvalue weighted by Gasteiger charge is 2.15. The molecule has 1 amide bonds. The molecule has 0 aromatic heterocycles. The Morgan fingerprint density at radius 2 is 1.76 bits per heavy atom. The van der Waals surface area contributed by atoms with Gasteiger partial charge in [0.1, 0.15) is 0 Å². The van der Waals surface area contributed by atoms with Gasteiger partial charge in [0.15, 0.2) is 0 Å². The van der Waals surface area contributed by atoms with Gasteiger partial charge in [0.2, 0.25) is 5.91 Å². The van der Waals surface area contributed by atoms with E-state index in [1.165, 1.54) is 0 Å². The van der Waals surface area contributed by atoms with Gasteiger partial charge in [-0.05, 0) is 31.7 Å². The van der Waals surface area contributed by atoms with E-state index in [2.05, 4.69) is 6.92 Å². The molecule has 0 aliphatic carbocycles. The maximum absolute atomic E-state index is 11.6. The highest BCUT2D eigenvalue weighted by atomic mass is 16.2. The highest BCUT2D eigenvalue weighted by molar-refractivity contribution is 5.77. The number of nitrogen functional groups attached to an aromatic ring is 1. The molecule has 4 heteroatoms. The van der Waals surface area contributed by atoms with Gasteiger partial charge in [0.05, 0.1) is 6.54 Å². The lowest BCUT2D eigenvalue weighted by Gasteiger charge is -2.25. The number of hydrogen-bond donors (Lipinski definition) is 1. The van der Waals surface area contributed by atoms with Crippen LogP contribution in [0.3, 0.4) is 0 Å². The smallest absolute Gasteiger partial charge is 0.236 e. The molecule has 0 spiro atoms. The number of anilines is 1. The van der Waals surface area contributed by atoms with Crippen LogP contribution in [-0.4, -0.2) is 43.4 Å². The molecule has 94 valence electrons. The van der Waals surface area contributed by atoms with E-state index in [0.29, 0.717) is 6.54 Å². The molecule has 0 heterocycles. The summed E-state index contributed by atoms with van der Waals surface area (Å²) in [5, 5.41) is 0. The Bertz CT molecular complexity index is 373. The number of benzene rings is 1. The van der Waals surface area contributed by atoms with Crippen molar-refractivity contribution in [2.24, 2.45) is 0 Å². The van der Waals surface area contributed by atoms with Gasteiger partial charge in [-0.3, -0.25) is 9.69 Å². The Labute approximate surface area is 103 Å². The largest absolute Gasteiger partial charge is 0.399 e. The molecule has 0 saturated carbocycles. The van der Waals surface area contributed by atoms with E-state index in [0.717, 1.165) is 11.3 Å². The minimum Gasteiger partial charge on any atom is -0.399 e. The van der Waals surface area contributed by atoms with Crippen LogP contribution in [0.25, 0.3) is 0 Å². The fraction of sp³-hybridized carbons (Fsp3) is 0.462. The van der Waals surface area contributed by atoms with Crippen LogP contribution >= 0.6 is 0 Å². The molecule has 4 nitrogen and oxygen atoms in total. The van der Waals surface area contributed by atoms with Gasteiger partial charge in [-0.1, -0.05) is 12.1 Å². The quantitative estimate of drug-likeness (QED) is 0.801. The summed E-state index contributed by atoms with van der Waals surface area (Å²) in [7, 11) is 5.48. The second-order valence-electron chi connectivity index (χ2n) is 4.55. The molecule has 0 aliphatic heterocycles. The number of nitrogens with zero attached hydrogens (tertiary/aromatic N) is 2. The van der Waals surface area contributed by atoms with Crippen molar-refractivity contribution in [2.45, 2.75) is 13.0 Å². The number of carbonyl (C=O) groups excluding carboxylic acids is 1. The van der Waals surface area contributed by atoms with Gasteiger partial charge < -0.3 is 10.6 Å². The molecule has 1 aromatic rings. The second-order valence-corrected chi connectivity index (χ2v) is 4.55. The minimum atomic E-state index is 0.106. The molecule has 1 atom stereocenters. The Kier molecular flexibility index (Phi) is 4.52. The zero-order valence-corrected chi connectivity index (χ0v) is 11.0. The lowest BCUT2D eigenvalue weighted by Crippen LogP contribution is -2.35. The van der Waals surface area contributed by atoms with E-state index in [-0.39, 0.29) is 11.9 Å². The van der Waals surface area contributed by atoms with Gasteiger partial charge in [-0.15, -0.1) is 0 Å². The third-order valence-corrected chi connectivity index (χ3v) is 2.96. The molecule has 0 radical (unpaired) electrons. The molecule has 0 saturated heterocycles. The zero-order chi connectivity index (χ0) is 13.0. The summed E-state index contributed by atoms with van der Waals surface area (Å²) in [5.41, 5.74) is 7.57. The summed E-state index contributed by atoms with van der Waals surface area (Å²) in [6.45, 7) is 2.49. The number of amides is 1. The fourth-order valence-corrected chi connectivity index (χ4v) is 1.52. The number of nitrogens with two attached hydrogens (primary N) is 1. The van der Waals surface area contributed by atoms with E-state index < -0.39 is 0 Å². The van der Waals surface area contributed by atoms with Crippen molar-refractivity contribution in [1.29, 1.82) is 0 Å². The van der Waals surface area contributed by atoms with Crippen molar-refractivity contribution in [3.63, 3.8) is 0 Å². The molecule has 17 heavy (non-hydrogen) atoms. The number of rotatable bonds is 4. The normalized spacial score (nSPS) is 12.5. The van der Waals surface area contributed by atoms with Crippen LogP contribution in [0.1, 0.15) is 18.5 Å². The molecule has 1 rings (SSSR count). The maximum Gasteiger partial charge on any atom is 0.236 e. The average molecular weight is 235 g/mol. The van der Waals surface area contributed by atoms with E-state index in [1.54, 1.807) is 19.0 Å². The zero-order valence-electron chi connectivity index (χ0n) is 11.0. The Morgan fingerprint density at radius 3 is 2.24 bits per heavy atom. The first-order valence-electron chi connectivity index (χ1n) is 5.67. The molecular formula is C13H21N3O. The van der Waals surface area contributed by atoms with E-state index in [1.807, 2.05) is 36.2 Å². The number of hydrogen-bond acceptors (Lipinski definition) is 3. The van der Waals surface area contributed by atoms with Crippen LogP contribution in [-0.2, 0) is 4.79 Å². The lowest BCUT2D eigenvalue weighted by molar-refractivity contribution is -0.130. The fourth-order valence-electron chi connectivity index (χ4n) is 1.52. The Hall–Kier alpha value is -1.55. The van der Waals surface area contributed by atoms with Crippen molar-refractivity contribution in [2.75, 3.05) is 33.4 Å². The molecule has 2 N–H and O–H groups in total. The third kappa shape index (κ3) is 3.75.